The van der Waals surface area contributed by atoms with Gasteiger partial charge in [0.15, 0.2) is 0 Å². The SMILES string of the molecule is COC1(CC(=O)NCc2nc3ccccc3[nH]2)CCC1. The Bertz CT molecular complexity index is 578. The van der Waals surface area contributed by atoms with Crippen molar-refractivity contribution < 1.29 is 9.53 Å². The molecule has 20 heavy (non-hydrogen) atoms. The number of hydrogen-bond acceptors (Lipinski definition) is 3. The van der Waals surface area contributed by atoms with E-state index < -0.39 is 0 Å². The van der Waals surface area contributed by atoms with Gasteiger partial charge in [0, 0.05) is 7.11 Å². The summed E-state index contributed by atoms with van der Waals surface area (Å²) in [6.45, 7) is 0.424. The number of rotatable bonds is 5. The molecular weight excluding hydrogens is 254 g/mol. The lowest BCUT2D eigenvalue weighted by molar-refractivity contribution is -0.134. The number of hydrogen-bond donors (Lipinski definition) is 2. The number of nitrogens with one attached hydrogen (secondary N) is 2. The first-order valence-electron chi connectivity index (χ1n) is 6.96. The van der Waals surface area contributed by atoms with Gasteiger partial charge in [-0.15, -0.1) is 0 Å². The molecule has 1 aromatic carbocycles. The van der Waals surface area contributed by atoms with E-state index in [-0.39, 0.29) is 11.5 Å². The molecule has 0 spiro atoms. The molecule has 0 unspecified atom stereocenters. The lowest BCUT2D eigenvalue weighted by atomic mass is 9.77. The molecule has 1 heterocycles. The zero-order chi connectivity index (χ0) is 14.0. The molecule has 1 aromatic heterocycles. The van der Waals surface area contributed by atoms with Crippen molar-refractivity contribution in [2.75, 3.05) is 7.11 Å². The highest BCUT2D eigenvalue weighted by Gasteiger charge is 2.38. The summed E-state index contributed by atoms with van der Waals surface area (Å²) >= 11 is 0. The van der Waals surface area contributed by atoms with Crippen LogP contribution in [0.5, 0.6) is 0 Å². The second-order valence-corrected chi connectivity index (χ2v) is 5.39. The molecule has 1 fully saturated rings. The third kappa shape index (κ3) is 2.54. The number of carbonyl (C=O) groups is 1. The van der Waals surface area contributed by atoms with Gasteiger partial charge in [-0.05, 0) is 31.4 Å². The number of benzene rings is 1. The van der Waals surface area contributed by atoms with Gasteiger partial charge in [-0.1, -0.05) is 12.1 Å². The normalized spacial score (nSPS) is 16.9. The van der Waals surface area contributed by atoms with Crippen molar-refractivity contribution >= 4 is 16.9 Å². The van der Waals surface area contributed by atoms with E-state index in [1.54, 1.807) is 7.11 Å². The van der Waals surface area contributed by atoms with Gasteiger partial charge in [0.2, 0.25) is 5.91 Å². The summed E-state index contributed by atoms with van der Waals surface area (Å²) in [5, 5.41) is 2.91. The first-order valence-corrected chi connectivity index (χ1v) is 6.96. The van der Waals surface area contributed by atoms with Crippen LogP contribution < -0.4 is 5.32 Å². The van der Waals surface area contributed by atoms with Crippen LogP contribution in [0, 0.1) is 0 Å². The molecule has 5 nitrogen and oxygen atoms in total. The highest BCUT2D eigenvalue weighted by Crippen LogP contribution is 2.37. The van der Waals surface area contributed by atoms with Gasteiger partial charge in [0.25, 0.3) is 0 Å². The summed E-state index contributed by atoms with van der Waals surface area (Å²) in [5.74, 6) is 0.798. The number of amides is 1. The summed E-state index contributed by atoms with van der Waals surface area (Å²) < 4.78 is 5.46. The molecule has 5 heteroatoms. The Morgan fingerprint density at radius 2 is 2.25 bits per heavy atom. The molecule has 0 bridgehead atoms. The number of fused-ring (bicyclic) bond motifs is 1. The maximum absolute atomic E-state index is 12.0. The molecule has 0 atom stereocenters. The number of methoxy groups -OCH3 is 1. The van der Waals surface area contributed by atoms with E-state index in [0.717, 1.165) is 36.1 Å². The molecule has 3 rings (SSSR count). The van der Waals surface area contributed by atoms with Gasteiger partial charge >= 0.3 is 0 Å². The summed E-state index contributed by atoms with van der Waals surface area (Å²) in [5.41, 5.74) is 1.69. The summed E-state index contributed by atoms with van der Waals surface area (Å²) in [6.07, 6.45) is 3.53. The lowest BCUT2D eigenvalue weighted by Crippen LogP contribution is -2.43. The second-order valence-electron chi connectivity index (χ2n) is 5.39. The molecule has 106 valence electrons. The number of imidazole rings is 1. The number of nitrogens with zero attached hydrogens (tertiary/aromatic N) is 1. The predicted octanol–water partition coefficient (Wildman–Crippen LogP) is 2.14. The maximum atomic E-state index is 12.0. The minimum Gasteiger partial charge on any atom is -0.378 e. The van der Waals surface area contributed by atoms with Crippen LogP contribution in [0.3, 0.4) is 0 Å². The van der Waals surface area contributed by atoms with Gasteiger partial charge in [0.05, 0.1) is 29.6 Å². The van der Waals surface area contributed by atoms with Gasteiger partial charge in [-0.25, -0.2) is 4.98 Å². The Labute approximate surface area is 117 Å². The maximum Gasteiger partial charge on any atom is 0.223 e. The van der Waals surface area contributed by atoms with Gasteiger partial charge in [-0.2, -0.15) is 0 Å². The molecule has 0 aliphatic heterocycles. The molecule has 1 aliphatic carbocycles. The van der Waals surface area contributed by atoms with Crippen LogP contribution >= 0.6 is 0 Å². The topological polar surface area (TPSA) is 67.0 Å². The van der Waals surface area contributed by atoms with Crippen LogP contribution in [0.25, 0.3) is 11.0 Å². The third-order valence-corrected chi connectivity index (χ3v) is 4.07. The fraction of sp³-hybridized carbons (Fsp3) is 0.467. The molecule has 2 N–H and O–H groups in total. The van der Waals surface area contributed by atoms with E-state index in [0.29, 0.717) is 13.0 Å². The van der Waals surface area contributed by atoms with Crippen LogP contribution in [0.15, 0.2) is 24.3 Å². The van der Waals surface area contributed by atoms with E-state index >= 15 is 0 Å². The molecule has 0 saturated heterocycles. The number of carbonyl (C=O) groups excluding carboxylic acids is 1. The first-order chi connectivity index (χ1) is 9.71. The van der Waals surface area contributed by atoms with Gasteiger partial charge in [-0.3, -0.25) is 4.79 Å². The minimum absolute atomic E-state index is 0.0204. The average Bonchev–Trinajstić information content (AvgIpc) is 2.83. The number of para-hydroxylation sites is 2. The molecule has 1 amide bonds. The van der Waals surface area contributed by atoms with Crippen LogP contribution in [0.4, 0.5) is 0 Å². The van der Waals surface area contributed by atoms with Crippen LogP contribution in [-0.2, 0) is 16.1 Å². The van der Waals surface area contributed by atoms with Crippen molar-refractivity contribution in [3.05, 3.63) is 30.1 Å². The summed E-state index contributed by atoms with van der Waals surface area (Å²) in [6, 6.07) is 7.83. The van der Waals surface area contributed by atoms with Crippen molar-refractivity contribution in [3.8, 4) is 0 Å². The zero-order valence-corrected chi connectivity index (χ0v) is 11.6. The summed E-state index contributed by atoms with van der Waals surface area (Å²) in [4.78, 5) is 19.6. The van der Waals surface area contributed by atoms with Crippen molar-refractivity contribution in [2.45, 2.75) is 37.8 Å². The van der Waals surface area contributed by atoms with E-state index in [4.69, 9.17) is 4.74 Å². The van der Waals surface area contributed by atoms with Crippen LogP contribution in [-0.4, -0.2) is 28.6 Å². The fourth-order valence-electron chi connectivity index (χ4n) is 2.65. The minimum atomic E-state index is -0.224. The van der Waals surface area contributed by atoms with E-state index in [1.807, 2.05) is 24.3 Å². The average molecular weight is 273 g/mol. The van der Waals surface area contributed by atoms with Crippen LogP contribution in [0.2, 0.25) is 0 Å². The highest BCUT2D eigenvalue weighted by atomic mass is 16.5. The number of ether oxygens (including phenoxy) is 1. The Morgan fingerprint density at radius 3 is 2.90 bits per heavy atom. The molecular formula is C15H19N3O2. The third-order valence-electron chi connectivity index (χ3n) is 4.07. The number of H-pyrrole nitrogens is 1. The van der Waals surface area contributed by atoms with Crippen molar-refractivity contribution in [1.82, 2.24) is 15.3 Å². The van der Waals surface area contributed by atoms with Gasteiger partial charge in [0.1, 0.15) is 5.82 Å². The molecule has 1 saturated carbocycles. The van der Waals surface area contributed by atoms with Crippen molar-refractivity contribution in [1.29, 1.82) is 0 Å². The fourth-order valence-corrected chi connectivity index (χ4v) is 2.65. The summed E-state index contributed by atoms with van der Waals surface area (Å²) in [7, 11) is 1.69. The van der Waals surface area contributed by atoms with Crippen molar-refractivity contribution in [2.24, 2.45) is 0 Å². The molecule has 0 radical (unpaired) electrons. The van der Waals surface area contributed by atoms with E-state index in [9.17, 15) is 4.79 Å². The Kier molecular flexibility index (Phi) is 3.44. The monoisotopic (exact) mass is 273 g/mol. The second kappa shape index (κ2) is 5.25. The standard InChI is InChI=1S/C15H19N3O2/c1-20-15(7-4-8-15)9-14(19)16-10-13-17-11-5-2-3-6-12(11)18-13/h2-3,5-6H,4,7-10H2,1H3,(H,16,19)(H,17,18). The Balaban J connectivity index is 1.57. The van der Waals surface area contributed by atoms with Gasteiger partial charge < -0.3 is 15.0 Å². The van der Waals surface area contributed by atoms with Crippen molar-refractivity contribution in [3.63, 3.8) is 0 Å². The number of aromatic nitrogens is 2. The predicted molar refractivity (Wildman–Crippen MR) is 76.1 cm³/mol. The Hall–Kier alpha value is -1.88. The Morgan fingerprint density at radius 1 is 1.45 bits per heavy atom. The first kappa shape index (κ1) is 13.1. The van der Waals surface area contributed by atoms with Crippen LogP contribution in [0.1, 0.15) is 31.5 Å². The lowest BCUT2D eigenvalue weighted by Gasteiger charge is -2.39. The quantitative estimate of drug-likeness (QED) is 0.877. The van der Waals surface area contributed by atoms with E-state index in [2.05, 4.69) is 15.3 Å². The van der Waals surface area contributed by atoms with E-state index in [1.165, 1.54) is 0 Å². The molecule has 1 aliphatic rings. The zero-order valence-electron chi connectivity index (χ0n) is 11.6. The smallest absolute Gasteiger partial charge is 0.223 e. The number of aromatic amines is 1. The molecule has 2 aromatic rings. The largest absolute Gasteiger partial charge is 0.378 e. The highest BCUT2D eigenvalue weighted by molar-refractivity contribution is 5.77.